The highest BCUT2D eigenvalue weighted by atomic mass is 16.4. The summed E-state index contributed by atoms with van der Waals surface area (Å²) in [6, 6.07) is 3.25. The molecule has 0 atom stereocenters. The minimum absolute atomic E-state index is 0.0239. The van der Waals surface area contributed by atoms with Gasteiger partial charge in [0.15, 0.2) is 0 Å². The number of aliphatic hydroxyl groups excluding tert-OH is 1. The van der Waals surface area contributed by atoms with Crippen LogP contribution in [0.3, 0.4) is 0 Å². The first-order chi connectivity index (χ1) is 8.85. The van der Waals surface area contributed by atoms with E-state index >= 15 is 0 Å². The van der Waals surface area contributed by atoms with Gasteiger partial charge < -0.3 is 15.5 Å². The standard InChI is InChI=1S/C14H22N2O3/c1-10-5-6-11(13(18)19)12(16-10)15-9-14(2,3)7-4-8-17/h5-6,17H,4,7-9H2,1-3H3,(H,15,16)(H,18,19). The predicted molar refractivity (Wildman–Crippen MR) is 74.5 cm³/mol. The second-order valence-electron chi connectivity index (χ2n) is 5.50. The number of aromatic carboxylic acids is 1. The van der Waals surface area contributed by atoms with Crippen molar-refractivity contribution < 1.29 is 15.0 Å². The Kier molecular flexibility index (Phi) is 5.30. The second-order valence-corrected chi connectivity index (χ2v) is 5.50. The molecule has 19 heavy (non-hydrogen) atoms. The first-order valence-electron chi connectivity index (χ1n) is 6.41. The van der Waals surface area contributed by atoms with Crippen LogP contribution in [-0.4, -0.2) is 34.3 Å². The molecule has 1 heterocycles. The van der Waals surface area contributed by atoms with Crippen LogP contribution >= 0.6 is 0 Å². The van der Waals surface area contributed by atoms with Crippen molar-refractivity contribution in [2.75, 3.05) is 18.5 Å². The third kappa shape index (κ3) is 4.87. The predicted octanol–water partition coefficient (Wildman–Crippen LogP) is 2.30. The zero-order valence-electron chi connectivity index (χ0n) is 11.7. The smallest absolute Gasteiger partial charge is 0.339 e. The normalized spacial score (nSPS) is 11.4. The number of hydrogen-bond donors (Lipinski definition) is 3. The minimum Gasteiger partial charge on any atom is -0.478 e. The summed E-state index contributed by atoms with van der Waals surface area (Å²) >= 11 is 0. The van der Waals surface area contributed by atoms with E-state index in [9.17, 15) is 4.79 Å². The molecule has 0 radical (unpaired) electrons. The van der Waals surface area contributed by atoms with Crippen molar-refractivity contribution in [2.24, 2.45) is 5.41 Å². The van der Waals surface area contributed by atoms with Crippen molar-refractivity contribution in [3.05, 3.63) is 23.4 Å². The van der Waals surface area contributed by atoms with Crippen LogP contribution in [0.15, 0.2) is 12.1 Å². The molecule has 0 bridgehead atoms. The van der Waals surface area contributed by atoms with Crippen LogP contribution in [-0.2, 0) is 0 Å². The molecular weight excluding hydrogens is 244 g/mol. The molecule has 1 aromatic heterocycles. The Morgan fingerprint density at radius 1 is 1.42 bits per heavy atom. The average molecular weight is 266 g/mol. The largest absolute Gasteiger partial charge is 0.478 e. The molecule has 0 amide bonds. The summed E-state index contributed by atoms with van der Waals surface area (Å²) in [6.07, 6.45) is 1.60. The van der Waals surface area contributed by atoms with Crippen LogP contribution in [0.1, 0.15) is 42.7 Å². The van der Waals surface area contributed by atoms with Gasteiger partial charge in [-0.15, -0.1) is 0 Å². The molecule has 0 aliphatic heterocycles. The Morgan fingerprint density at radius 3 is 2.68 bits per heavy atom. The molecule has 0 saturated heterocycles. The zero-order chi connectivity index (χ0) is 14.5. The van der Waals surface area contributed by atoms with E-state index in [1.165, 1.54) is 0 Å². The number of carboxylic acid groups (broad SMARTS) is 1. The lowest BCUT2D eigenvalue weighted by Crippen LogP contribution is -2.24. The van der Waals surface area contributed by atoms with Crippen molar-refractivity contribution in [1.82, 2.24) is 4.98 Å². The molecule has 3 N–H and O–H groups in total. The van der Waals surface area contributed by atoms with E-state index in [1.54, 1.807) is 12.1 Å². The van der Waals surface area contributed by atoms with Crippen molar-refractivity contribution >= 4 is 11.8 Å². The van der Waals surface area contributed by atoms with Crippen molar-refractivity contribution in [1.29, 1.82) is 0 Å². The van der Waals surface area contributed by atoms with E-state index in [2.05, 4.69) is 24.1 Å². The first kappa shape index (κ1) is 15.4. The third-order valence-electron chi connectivity index (χ3n) is 3.01. The third-order valence-corrected chi connectivity index (χ3v) is 3.01. The fourth-order valence-electron chi connectivity index (χ4n) is 1.83. The summed E-state index contributed by atoms with van der Waals surface area (Å²) in [5.41, 5.74) is 0.938. The van der Waals surface area contributed by atoms with Gasteiger partial charge in [-0.2, -0.15) is 0 Å². The number of anilines is 1. The highest BCUT2D eigenvalue weighted by Gasteiger charge is 2.19. The summed E-state index contributed by atoms with van der Waals surface area (Å²) in [6.45, 7) is 6.77. The van der Waals surface area contributed by atoms with Gasteiger partial charge in [-0.1, -0.05) is 13.8 Å². The van der Waals surface area contributed by atoms with Gasteiger partial charge in [0.25, 0.3) is 0 Å². The molecule has 0 aromatic carbocycles. The topological polar surface area (TPSA) is 82.5 Å². The molecule has 0 aliphatic carbocycles. The Morgan fingerprint density at radius 2 is 2.11 bits per heavy atom. The van der Waals surface area contributed by atoms with Crippen molar-refractivity contribution in [2.45, 2.75) is 33.6 Å². The monoisotopic (exact) mass is 266 g/mol. The quantitative estimate of drug-likeness (QED) is 0.705. The first-order valence-corrected chi connectivity index (χ1v) is 6.41. The van der Waals surface area contributed by atoms with Gasteiger partial charge >= 0.3 is 5.97 Å². The fraction of sp³-hybridized carbons (Fsp3) is 0.571. The molecule has 1 rings (SSSR count). The number of aromatic nitrogens is 1. The summed E-state index contributed by atoms with van der Waals surface area (Å²) in [4.78, 5) is 15.4. The van der Waals surface area contributed by atoms with E-state index in [4.69, 9.17) is 10.2 Å². The summed E-state index contributed by atoms with van der Waals surface area (Å²) in [5.74, 6) is -0.576. The molecule has 0 unspecified atom stereocenters. The van der Waals surface area contributed by atoms with Crippen LogP contribution in [0.4, 0.5) is 5.82 Å². The lowest BCUT2D eigenvalue weighted by Gasteiger charge is -2.25. The Bertz CT molecular complexity index is 444. The highest BCUT2D eigenvalue weighted by Crippen LogP contribution is 2.23. The zero-order valence-corrected chi connectivity index (χ0v) is 11.7. The molecule has 1 aromatic rings. The van der Waals surface area contributed by atoms with Crippen LogP contribution < -0.4 is 5.32 Å². The number of aliphatic hydroxyl groups is 1. The van der Waals surface area contributed by atoms with Gasteiger partial charge in [0, 0.05) is 18.8 Å². The van der Waals surface area contributed by atoms with Gasteiger partial charge in [-0.05, 0) is 37.3 Å². The number of carboxylic acids is 1. The SMILES string of the molecule is Cc1ccc(C(=O)O)c(NCC(C)(C)CCCO)n1. The Labute approximate surface area is 113 Å². The van der Waals surface area contributed by atoms with Gasteiger partial charge in [-0.3, -0.25) is 0 Å². The van der Waals surface area contributed by atoms with E-state index in [-0.39, 0.29) is 17.6 Å². The van der Waals surface area contributed by atoms with Crippen LogP contribution in [0.5, 0.6) is 0 Å². The summed E-state index contributed by atoms with van der Waals surface area (Å²) in [5, 5.41) is 21.1. The fourth-order valence-corrected chi connectivity index (χ4v) is 1.83. The molecule has 106 valence electrons. The molecule has 0 fully saturated rings. The number of nitrogens with zero attached hydrogens (tertiary/aromatic N) is 1. The molecular formula is C14H22N2O3. The maximum absolute atomic E-state index is 11.1. The van der Waals surface area contributed by atoms with Gasteiger partial charge in [0.1, 0.15) is 11.4 Å². The summed E-state index contributed by atoms with van der Waals surface area (Å²) < 4.78 is 0. The highest BCUT2D eigenvalue weighted by molar-refractivity contribution is 5.93. The lowest BCUT2D eigenvalue weighted by atomic mass is 9.88. The van der Waals surface area contributed by atoms with Crippen LogP contribution in [0, 0.1) is 12.3 Å². The summed E-state index contributed by atoms with van der Waals surface area (Å²) in [7, 11) is 0. The maximum Gasteiger partial charge on any atom is 0.339 e. The second kappa shape index (κ2) is 6.52. The number of pyridine rings is 1. The molecule has 0 spiro atoms. The van der Waals surface area contributed by atoms with Gasteiger partial charge in [0.05, 0.1) is 0 Å². The van der Waals surface area contributed by atoms with Gasteiger partial charge in [0.2, 0.25) is 0 Å². The van der Waals surface area contributed by atoms with Crippen LogP contribution in [0.2, 0.25) is 0 Å². The van der Waals surface area contributed by atoms with Crippen LogP contribution in [0.25, 0.3) is 0 Å². The number of nitrogens with one attached hydrogen (secondary N) is 1. The van der Waals surface area contributed by atoms with Crippen molar-refractivity contribution in [3.63, 3.8) is 0 Å². The van der Waals surface area contributed by atoms with E-state index in [0.29, 0.717) is 12.4 Å². The lowest BCUT2D eigenvalue weighted by molar-refractivity contribution is 0.0697. The Hall–Kier alpha value is -1.62. The van der Waals surface area contributed by atoms with E-state index in [1.807, 2.05) is 6.92 Å². The number of hydrogen-bond acceptors (Lipinski definition) is 4. The minimum atomic E-state index is -0.983. The molecule has 5 heteroatoms. The maximum atomic E-state index is 11.1. The number of carbonyl (C=O) groups is 1. The molecule has 0 saturated carbocycles. The van der Waals surface area contributed by atoms with E-state index < -0.39 is 5.97 Å². The van der Waals surface area contributed by atoms with Crippen molar-refractivity contribution in [3.8, 4) is 0 Å². The number of aryl methyl sites for hydroxylation is 1. The molecule has 5 nitrogen and oxygen atoms in total. The Balaban J connectivity index is 2.76. The van der Waals surface area contributed by atoms with E-state index in [0.717, 1.165) is 18.5 Å². The average Bonchev–Trinajstić information content (AvgIpc) is 2.34. The van der Waals surface area contributed by atoms with Gasteiger partial charge in [-0.25, -0.2) is 9.78 Å². The number of rotatable bonds is 7. The molecule has 0 aliphatic rings.